The van der Waals surface area contributed by atoms with E-state index < -0.39 is 16.2 Å². The number of benzene rings is 1. The summed E-state index contributed by atoms with van der Waals surface area (Å²) in [5.41, 5.74) is 0.707. The summed E-state index contributed by atoms with van der Waals surface area (Å²) >= 11 is 12.2. The number of nitrogens with zero attached hydrogens (tertiary/aromatic N) is 1. The van der Waals surface area contributed by atoms with Crippen LogP contribution in [0.3, 0.4) is 0 Å². The molecule has 1 aliphatic heterocycles. The molecule has 1 aromatic carbocycles. The Balaban J connectivity index is 2.20. The van der Waals surface area contributed by atoms with Crippen LogP contribution in [0.5, 0.6) is 0 Å². The number of unbranched alkanes of at least 4 members (excludes halogenated alkanes) is 4. The van der Waals surface area contributed by atoms with E-state index in [1.54, 1.807) is 18.2 Å². The second-order valence-electron chi connectivity index (χ2n) is 6.25. The van der Waals surface area contributed by atoms with Crippen molar-refractivity contribution >= 4 is 46.0 Å². The first-order chi connectivity index (χ1) is 11.9. The van der Waals surface area contributed by atoms with Gasteiger partial charge in [0.2, 0.25) is 11.8 Å². The fraction of sp³-hybridized carbons (Fsp3) is 0.556. The molecule has 0 aliphatic carbocycles. The van der Waals surface area contributed by atoms with Crippen molar-refractivity contribution in [1.82, 2.24) is 4.31 Å². The lowest BCUT2D eigenvalue weighted by Crippen LogP contribution is -2.34. The summed E-state index contributed by atoms with van der Waals surface area (Å²) in [5.74, 6) is -0.736. The summed E-state index contributed by atoms with van der Waals surface area (Å²) < 4.78 is 13.9. The second kappa shape index (κ2) is 9.70. The standard InChI is InChI=1S/C18H23Cl2NO3S/c1-2-3-4-5-6-7-16(13-10-14(19)12-15(20)11-13)25(24)21-17(22)8-9-18(21)23/h10-12,16H,2-9H2,1H3. The maximum Gasteiger partial charge on any atom is 0.241 e. The minimum atomic E-state index is -1.75. The van der Waals surface area contributed by atoms with Crippen LogP contribution in [0.2, 0.25) is 10.0 Å². The third-order valence-corrected chi connectivity index (χ3v) is 6.45. The molecular formula is C18H23Cl2NO3S. The monoisotopic (exact) mass is 403 g/mol. The predicted octanol–water partition coefficient (Wildman–Crippen LogP) is 5.21. The van der Waals surface area contributed by atoms with E-state index in [-0.39, 0.29) is 24.7 Å². The van der Waals surface area contributed by atoms with E-state index in [1.165, 1.54) is 6.42 Å². The van der Waals surface area contributed by atoms with Gasteiger partial charge >= 0.3 is 0 Å². The van der Waals surface area contributed by atoms with Crippen LogP contribution in [0.1, 0.15) is 69.1 Å². The van der Waals surface area contributed by atoms with Gasteiger partial charge in [-0.1, -0.05) is 62.2 Å². The molecule has 0 radical (unpaired) electrons. The van der Waals surface area contributed by atoms with E-state index in [4.69, 9.17) is 23.2 Å². The average molecular weight is 404 g/mol. The lowest BCUT2D eigenvalue weighted by molar-refractivity contribution is -0.132. The highest BCUT2D eigenvalue weighted by atomic mass is 35.5. The number of halogens is 2. The molecule has 7 heteroatoms. The molecule has 0 aromatic heterocycles. The first kappa shape index (κ1) is 20.4. The van der Waals surface area contributed by atoms with Gasteiger partial charge in [0.1, 0.15) is 11.0 Å². The highest BCUT2D eigenvalue weighted by molar-refractivity contribution is 7.84. The van der Waals surface area contributed by atoms with Crippen molar-refractivity contribution in [2.24, 2.45) is 0 Å². The molecule has 1 fully saturated rings. The molecule has 1 aliphatic rings. The van der Waals surface area contributed by atoms with Gasteiger partial charge in [0.05, 0.1) is 5.25 Å². The maximum atomic E-state index is 13.0. The molecule has 138 valence electrons. The number of amides is 2. The smallest absolute Gasteiger partial charge is 0.241 e. The SMILES string of the molecule is CCCCCCCC(c1cc(Cl)cc(Cl)c1)S(=O)N1C(=O)CCC1=O. The van der Waals surface area contributed by atoms with Gasteiger partial charge in [-0.25, -0.2) is 4.21 Å². The van der Waals surface area contributed by atoms with Gasteiger partial charge in [-0.3, -0.25) is 9.59 Å². The minimum Gasteiger partial charge on any atom is -0.273 e. The lowest BCUT2D eigenvalue weighted by atomic mass is 10.0. The highest BCUT2D eigenvalue weighted by Crippen LogP contribution is 2.33. The van der Waals surface area contributed by atoms with Crippen LogP contribution in [-0.2, 0) is 20.6 Å². The average Bonchev–Trinajstić information content (AvgIpc) is 2.88. The van der Waals surface area contributed by atoms with Crippen LogP contribution in [0.15, 0.2) is 18.2 Å². The summed E-state index contributed by atoms with van der Waals surface area (Å²) in [6.45, 7) is 2.15. The number of imide groups is 1. The topological polar surface area (TPSA) is 54.5 Å². The summed E-state index contributed by atoms with van der Waals surface area (Å²) in [5, 5.41) is 0.438. The van der Waals surface area contributed by atoms with Crippen LogP contribution in [0.25, 0.3) is 0 Å². The molecule has 1 heterocycles. The van der Waals surface area contributed by atoms with Crippen molar-refractivity contribution in [2.45, 2.75) is 63.5 Å². The number of carbonyl (C=O) groups is 2. The van der Waals surface area contributed by atoms with E-state index in [2.05, 4.69) is 6.92 Å². The number of carbonyl (C=O) groups excluding carboxylic acids is 2. The third-order valence-electron chi connectivity index (χ3n) is 4.26. The molecule has 0 saturated carbocycles. The van der Waals surface area contributed by atoms with E-state index in [0.29, 0.717) is 22.0 Å². The summed E-state index contributed by atoms with van der Waals surface area (Å²) in [6.07, 6.45) is 6.20. The van der Waals surface area contributed by atoms with Crippen molar-refractivity contribution in [3.05, 3.63) is 33.8 Å². The quantitative estimate of drug-likeness (QED) is 0.420. The van der Waals surface area contributed by atoms with Crippen molar-refractivity contribution in [1.29, 1.82) is 0 Å². The van der Waals surface area contributed by atoms with Crippen LogP contribution in [0.4, 0.5) is 0 Å². The van der Waals surface area contributed by atoms with Gasteiger partial charge in [0, 0.05) is 22.9 Å². The van der Waals surface area contributed by atoms with Crippen molar-refractivity contribution in [2.75, 3.05) is 0 Å². The Kier molecular flexibility index (Phi) is 7.91. The van der Waals surface area contributed by atoms with E-state index in [9.17, 15) is 13.8 Å². The fourth-order valence-electron chi connectivity index (χ4n) is 2.96. The zero-order chi connectivity index (χ0) is 18.4. The Labute approximate surface area is 161 Å². The summed E-state index contributed by atoms with van der Waals surface area (Å²) in [7, 11) is -1.75. The van der Waals surface area contributed by atoms with Gasteiger partial charge in [-0.05, 0) is 30.2 Å². The Hall–Kier alpha value is -0.910. The van der Waals surface area contributed by atoms with Crippen molar-refractivity contribution in [3.63, 3.8) is 0 Å². The zero-order valence-corrected chi connectivity index (χ0v) is 16.6. The maximum absolute atomic E-state index is 13.0. The molecule has 1 aromatic rings. The second-order valence-corrected chi connectivity index (χ2v) is 8.61. The molecule has 2 rings (SSSR count). The Bertz CT molecular complexity index is 629. The van der Waals surface area contributed by atoms with Gasteiger partial charge in [0.25, 0.3) is 0 Å². The van der Waals surface area contributed by atoms with Gasteiger partial charge in [0.15, 0.2) is 0 Å². The third kappa shape index (κ3) is 5.53. The van der Waals surface area contributed by atoms with Crippen LogP contribution >= 0.6 is 23.2 Å². The van der Waals surface area contributed by atoms with Crippen LogP contribution in [-0.4, -0.2) is 20.3 Å². The number of rotatable bonds is 9. The molecule has 2 atom stereocenters. The van der Waals surface area contributed by atoms with Gasteiger partial charge in [-0.15, -0.1) is 0 Å². The first-order valence-corrected chi connectivity index (χ1v) is 10.6. The van der Waals surface area contributed by atoms with E-state index >= 15 is 0 Å². The molecular weight excluding hydrogens is 381 g/mol. The van der Waals surface area contributed by atoms with Crippen LogP contribution in [0, 0.1) is 0 Å². The molecule has 1 saturated heterocycles. The number of hydrogen-bond acceptors (Lipinski definition) is 3. The Morgan fingerprint density at radius 2 is 1.56 bits per heavy atom. The molecule has 2 unspecified atom stereocenters. The summed E-state index contributed by atoms with van der Waals surface area (Å²) in [6, 6.07) is 5.04. The number of hydrogen-bond donors (Lipinski definition) is 0. The van der Waals surface area contributed by atoms with Gasteiger partial charge in [-0.2, -0.15) is 4.31 Å². The normalized spacial score (nSPS) is 17.2. The fourth-order valence-corrected chi connectivity index (χ4v) is 5.08. The molecule has 0 spiro atoms. The highest BCUT2D eigenvalue weighted by Gasteiger charge is 2.37. The van der Waals surface area contributed by atoms with E-state index in [0.717, 1.165) is 30.0 Å². The zero-order valence-electron chi connectivity index (χ0n) is 14.3. The van der Waals surface area contributed by atoms with Crippen molar-refractivity contribution < 1.29 is 13.8 Å². The molecule has 2 amide bonds. The first-order valence-electron chi connectivity index (χ1n) is 8.66. The lowest BCUT2D eigenvalue weighted by Gasteiger charge is -2.22. The minimum absolute atomic E-state index is 0.129. The molecule has 25 heavy (non-hydrogen) atoms. The van der Waals surface area contributed by atoms with Gasteiger partial charge < -0.3 is 0 Å². The Morgan fingerprint density at radius 1 is 1.00 bits per heavy atom. The summed E-state index contributed by atoms with van der Waals surface area (Å²) in [4.78, 5) is 23.9. The van der Waals surface area contributed by atoms with Crippen molar-refractivity contribution in [3.8, 4) is 0 Å². The predicted molar refractivity (Wildman–Crippen MR) is 102 cm³/mol. The van der Waals surface area contributed by atoms with E-state index in [1.807, 2.05) is 0 Å². The molecule has 4 nitrogen and oxygen atoms in total. The molecule has 0 bridgehead atoms. The molecule has 0 N–H and O–H groups in total. The Morgan fingerprint density at radius 3 is 2.12 bits per heavy atom. The van der Waals surface area contributed by atoms with Crippen LogP contribution < -0.4 is 0 Å². The largest absolute Gasteiger partial charge is 0.273 e.